The molecule has 1 heterocycles. The lowest BCUT2D eigenvalue weighted by Crippen LogP contribution is -2.42. The third-order valence-corrected chi connectivity index (χ3v) is 5.25. The van der Waals surface area contributed by atoms with Gasteiger partial charge in [0.2, 0.25) is 11.8 Å². The van der Waals surface area contributed by atoms with Crippen LogP contribution in [0.1, 0.15) is 37.7 Å². The minimum absolute atomic E-state index is 0.0662. The summed E-state index contributed by atoms with van der Waals surface area (Å²) in [5.74, 6) is 0.641. The maximum atomic E-state index is 13.2. The lowest BCUT2D eigenvalue weighted by molar-refractivity contribution is -0.122. The Morgan fingerprint density at radius 3 is 2.48 bits per heavy atom. The summed E-state index contributed by atoms with van der Waals surface area (Å²) in [4.78, 5) is 19.6. The molecule has 0 unspecified atom stereocenters. The molecule has 27 heavy (non-hydrogen) atoms. The molecular formula is C22H29N3O2. The van der Waals surface area contributed by atoms with E-state index in [1.165, 1.54) is 6.42 Å². The van der Waals surface area contributed by atoms with Gasteiger partial charge in [0.25, 0.3) is 0 Å². The molecule has 0 aliphatic heterocycles. The van der Waals surface area contributed by atoms with Gasteiger partial charge < -0.3 is 15.0 Å². The van der Waals surface area contributed by atoms with Crippen molar-refractivity contribution in [3.05, 3.63) is 54.2 Å². The molecule has 1 aromatic heterocycles. The maximum absolute atomic E-state index is 13.2. The molecule has 1 saturated carbocycles. The first-order chi connectivity index (χ1) is 13.1. The number of likely N-dealkylation sites (N-methyl/N-ethyl adjacent to an activating group) is 1. The molecule has 3 rings (SSSR count). The van der Waals surface area contributed by atoms with E-state index in [9.17, 15) is 4.79 Å². The second-order valence-electron chi connectivity index (χ2n) is 7.50. The average molecular weight is 367 g/mol. The van der Waals surface area contributed by atoms with Gasteiger partial charge in [0.1, 0.15) is 6.61 Å². The standard InChI is InChI=1S/C22H29N3O2/c1-25(2)15-16-27-20-12-11-19(17-23-20)24-21(26)22(13-7-4-8-14-22)18-9-5-3-6-10-18/h3,5-6,9-12,17H,4,7-8,13-16H2,1-2H3,(H,24,26). The molecule has 5 heteroatoms. The summed E-state index contributed by atoms with van der Waals surface area (Å²) in [6.45, 7) is 1.42. The van der Waals surface area contributed by atoms with E-state index >= 15 is 0 Å². The van der Waals surface area contributed by atoms with E-state index in [-0.39, 0.29) is 5.91 Å². The van der Waals surface area contributed by atoms with Crippen LogP contribution < -0.4 is 10.1 Å². The number of benzene rings is 1. The number of hydrogen-bond acceptors (Lipinski definition) is 4. The van der Waals surface area contributed by atoms with Crippen molar-refractivity contribution in [3.8, 4) is 5.88 Å². The van der Waals surface area contributed by atoms with Crippen molar-refractivity contribution in [2.75, 3.05) is 32.6 Å². The SMILES string of the molecule is CN(C)CCOc1ccc(NC(=O)C2(c3ccccc3)CCCCC2)cn1. The summed E-state index contributed by atoms with van der Waals surface area (Å²) in [5.41, 5.74) is 1.38. The van der Waals surface area contributed by atoms with Crippen LogP contribution in [-0.4, -0.2) is 43.0 Å². The van der Waals surface area contributed by atoms with E-state index in [2.05, 4.69) is 27.3 Å². The third-order valence-electron chi connectivity index (χ3n) is 5.25. The predicted octanol–water partition coefficient (Wildman–Crippen LogP) is 3.86. The number of amides is 1. The first-order valence-corrected chi connectivity index (χ1v) is 9.71. The van der Waals surface area contributed by atoms with E-state index < -0.39 is 5.41 Å². The number of nitrogens with zero attached hydrogens (tertiary/aromatic N) is 2. The number of ether oxygens (including phenoxy) is 1. The first kappa shape index (κ1) is 19.4. The van der Waals surface area contributed by atoms with Gasteiger partial charge >= 0.3 is 0 Å². The zero-order chi connectivity index (χ0) is 19.1. The lowest BCUT2D eigenvalue weighted by atomic mass is 9.68. The van der Waals surface area contributed by atoms with Gasteiger partial charge in [0, 0.05) is 12.6 Å². The van der Waals surface area contributed by atoms with Crippen molar-refractivity contribution in [3.63, 3.8) is 0 Å². The highest BCUT2D eigenvalue weighted by molar-refractivity contribution is 5.99. The van der Waals surface area contributed by atoms with E-state index in [1.807, 2.05) is 38.4 Å². The molecule has 1 aromatic carbocycles. The van der Waals surface area contributed by atoms with Gasteiger partial charge in [0.05, 0.1) is 17.3 Å². The minimum Gasteiger partial charge on any atom is -0.476 e. The molecule has 144 valence electrons. The van der Waals surface area contributed by atoms with Crippen molar-refractivity contribution in [2.45, 2.75) is 37.5 Å². The highest BCUT2D eigenvalue weighted by Crippen LogP contribution is 2.40. The molecule has 0 radical (unpaired) electrons. The highest BCUT2D eigenvalue weighted by Gasteiger charge is 2.41. The van der Waals surface area contributed by atoms with E-state index in [1.54, 1.807) is 12.3 Å². The zero-order valence-electron chi connectivity index (χ0n) is 16.3. The molecule has 5 nitrogen and oxygen atoms in total. The Bertz CT molecular complexity index is 723. The molecule has 0 bridgehead atoms. The quantitative estimate of drug-likeness (QED) is 0.807. The number of aromatic nitrogens is 1. The fourth-order valence-corrected chi connectivity index (χ4v) is 3.68. The summed E-state index contributed by atoms with van der Waals surface area (Å²) >= 11 is 0. The molecule has 1 amide bonds. The van der Waals surface area contributed by atoms with Gasteiger partial charge in [-0.3, -0.25) is 4.79 Å². The van der Waals surface area contributed by atoms with Crippen LogP contribution in [-0.2, 0) is 10.2 Å². The normalized spacial score (nSPS) is 16.1. The van der Waals surface area contributed by atoms with Crippen molar-refractivity contribution in [1.82, 2.24) is 9.88 Å². The van der Waals surface area contributed by atoms with Crippen molar-refractivity contribution >= 4 is 11.6 Å². The largest absolute Gasteiger partial charge is 0.476 e. The Balaban J connectivity index is 1.69. The van der Waals surface area contributed by atoms with Crippen molar-refractivity contribution < 1.29 is 9.53 Å². The van der Waals surface area contributed by atoms with E-state index in [0.717, 1.165) is 37.8 Å². The fraction of sp³-hybridized carbons (Fsp3) is 0.455. The molecule has 1 N–H and O–H groups in total. The number of nitrogens with one attached hydrogen (secondary N) is 1. The van der Waals surface area contributed by atoms with Crippen LogP contribution >= 0.6 is 0 Å². The Hall–Kier alpha value is -2.40. The van der Waals surface area contributed by atoms with Crippen LogP contribution in [0, 0.1) is 0 Å². The third kappa shape index (κ3) is 4.86. The Morgan fingerprint density at radius 1 is 1.11 bits per heavy atom. The number of pyridine rings is 1. The van der Waals surface area contributed by atoms with Crippen molar-refractivity contribution in [2.24, 2.45) is 0 Å². The summed E-state index contributed by atoms with van der Waals surface area (Å²) in [7, 11) is 4.01. The van der Waals surface area contributed by atoms with Gasteiger partial charge in [-0.1, -0.05) is 49.6 Å². The fourth-order valence-electron chi connectivity index (χ4n) is 3.68. The van der Waals surface area contributed by atoms with Crippen LogP contribution in [0.5, 0.6) is 5.88 Å². The first-order valence-electron chi connectivity index (χ1n) is 9.71. The van der Waals surface area contributed by atoms with Crippen LogP contribution in [0.4, 0.5) is 5.69 Å². The number of rotatable bonds is 7. The highest BCUT2D eigenvalue weighted by atomic mass is 16.5. The summed E-state index contributed by atoms with van der Waals surface area (Å²) < 4.78 is 5.62. The molecule has 0 spiro atoms. The lowest BCUT2D eigenvalue weighted by Gasteiger charge is -2.36. The molecule has 1 aliphatic carbocycles. The molecule has 0 saturated heterocycles. The van der Waals surface area contributed by atoms with Crippen LogP contribution in [0.25, 0.3) is 0 Å². The van der Waals surface area contributed by atoms with Gasteiger partial charge in [-0.05, 0) is 38.6 Å². The molecule has 0 atom stereocenters. The van der Waals surface area contributed by atoms with Gasteiger partial charge in [-0.25, -0.2) is 4.98 Å². The second kappa shape index (κ2) is 9.00. The van der Waals surface area contributed by atoms with Crippen LogP contribution in [0.2, 0.25) is 0 Å². The van der Waals surface area contributed by atoms with Gasteiger partial charge in [0.15, 0.2) is 0 Å². The maximum Gasteiger partial charge on any atom is 0.235 e. The summed E-state index contributed by atoms with van der Waals surface area (Å²) in [5, 5.41) is 3.09. The molecule has 1 fully saturated rings. The minimum atomic E-state index is -0.444. The number of anilines is 1. The van der Waals surface area contributed by atoms with E-state index in [0.29, 0.717) is 18.2 Å². The molecule has 2 aromatic rings. The number of carbonyl (C=O) groups excluding carboxylic acids is 1. The smallest absolute Gasteiger partial charge is 0.235 e. The Labute approximate surface area is 161 Å². The monoisotopic (exact) mass is 367 g/mol. The van der Waals surface area contributed by atoms with Gasteiger partial charge in [-0.2, -0.15) is 0 Å². The number of carbonyl (C=O) groups is 1. The van der Waals surface area contributed by atoms with Crippen molar-refractivity contribution in [1.29, 1.82) is 0 Å². The molecular weight excluding hydrogens is 338 g/mol. The topological polar surface area (TPSA) is 54.5 Å². The second-order valence-corrected chi connectivity index (χ2v) is 7.50. The summed E-state index contributed by atoms with van der Waals surface area (Å²) in [6, 6.07) is 13.8. The summed E-state index contributed by atoms with van der Waals surface area (Å²) in [6.07, 6.45) is 6.81. The average Bonchev–Trinajstić information content (AvgIpc) is 2.70. The molecule has 1 aliphatic rings. The number of hydrogen-bond donors (Lipinski definition) is 1. The van der Waals surface area contributed by atoms with Crippen LogP contribution in [0.15, 0.2) is 48.7 Å². The van der Waals surface area contributed by atoms with Crippen LogP contribution in [0.3, 0.4) is 0 Å². The zero-order valence-corrected chi connectivity index (χ0v) is 16.3. The van der Waals surface area contributed by atoms with E-state index in [4.69, 9.17) is 4.74 Å². The predicted molar refractivity (Wildman–Crippen MR) is 108 cm³/mol. The Morgan fingerprint density at radius 2 is 1.85 bits per heavy atom. The Kier molecular flexibility index (Phi) is 6.45. The van der Waals surface area contributed by atoms with Gasteiger partial charge in [-0.15, -0.1) is 0 Å².